The Bertz CT molecular complexity index is 1040. The van der Waals surface area contributed by atoms with Crippen LogP contribution >= 0.6 is 0 Å². The molecule has 0 saturated heterocycles. The van der Waals surface area contributed by atoms with Crippen LogP contribution < -0.4 is 10.6 Å². The zero-order valence-corrected chi connectivity index (χ0v) is 18.9. The Morgan fingerprint density at radius 2 is 1.54 bits per heavy atom. The summed E-state index contributed by atoms with van der Waals surface area (Å²) in [5.74, 6) is -2.34. The lowest BCUT2D eigenvalue weighted by Crippen LogP contribution is -2.21. The maximum absolute atomic E-state index is 12.7. The van der Waals surface area contributed by atoms with Gasteiger partial charge in [-0.3, -0.25) is 14.4 Å². The molecule has 0 aliphatic heterocycles. The summed E-state index contributed by atoms with van der Waals surface area (Å²) in [5.41, 5.74) is -0.174. The molecule has 11 heteroatoms. The van der Waals surface area contributed by atoms with Crippen molar-refractivity contribution in [3.8, 4) is 0 Å². The first-order valence-corrected chi connectivity index (χ1v) is 10.8. The Morgan fingerprint density at radius 3 is 2.20 bits per heavy atom. The molecule has 0 saturated carbocycles. The molecule has 2 N–H and O–H groups in total. The highest BCUT2D eigenvalue weighted by Crippen LogP contribution is 2.30. The number of esters is 2. The van der Waals surface area contributed by atoms with Gasteiger partial charge in [-0.05, 0) is 55.3 Å². The third-order valence-electron chi connectivity index (χ3n) is 4.46. The van der Waals surface area contributed by atoms with Gasteiger partial charge in [0.2, 0.25) is 5.91 Å². The van der Waals surface area contributed by atoms with E-state index in [0.29, 0.717) is 24.3 Å². The highest BCUT2D eigenvalue weighted by molar-refractivity contribution is 5.94. The fraction of sp³-hybridized carbons (Fsp3) is 0.333. The van der Waals surface area contributed by atoms with E-state index in [2.05, 4.69) is 10.6 Å². The first kappa shape index (κ1) is 27.4. The lowest BCUT2D eigenvalue weighted by Gasteiger charge is -2.10. The van der Waals surface area contributed by atoms with Crippen LogP contribution in [0.15, 0.2) is 48.5 Å². The molecule has 0 heterocycles. The fourth-order valence-electron chi connectivity index (χ4n) is 2.77. The summed E-state index contributed by atoms with van der Waals surface area (Å²) < 4.78 is 47.9. The maximum Gasteiger partial charge on any atom is 0.416 e. The number of nitrogens with one attached hydrogen (secondary N) is 2. The molecule has 2 aromatic carbocycles. The summed E-state index contributed by atoms with van der Waals surface area (Å²) in [7, 11) is 0. The van der Waals surface area contributed by atoms with Crippen LogP contribution in [0.5, 0.6) is 0 Å². The van der Waals surface area contributed by atoms with Gasteiger partial charge >= 0.3 is 18.1 Å². The van der Waals surface area contributed by atoms with Crippen molar-refractivity contribution >= 4 is 35.1 Å². The Kier molecular flexibility index (Phi) is 10.2. The molecular formula is C24H25F3N2O6. The fourth-order valence-corrected chi connectivity index (χ4v) is 2.77. The van der Waals surface area contributed by atoms with E-state index in [1.807, 2.05) is 6.92 Å². The Labute approximate surface area is 199 Å². The topological polar surface area (TPSA) is 111 Å². The normalized spacial score (nSPS) is 10.9. The standard InChI is InChI=1S/C24H25F3N2O6/c1-2-13-34-23(33)16-9-11-18(12-10-16)28-20(30)7-4-8-22(32)35-15-21(31)29-19-6-3-5-17(14-19)24(25,26)27/h3,5-6,9-12,14H,2,4,7-8,13,15H2,1H3,(H,28,30)(H,29,31). The minimum atomic E-state index is -4.55. The lowest BCUT2D eigenvalue weighted by molar-refractivity contribution is -0.147. The minimum absolute atomic E-state index is 0.00578. The van der Waals surface area contributed by atoms with E-state index in [4.69, 9.17) is 9.47 Å². The van der Waals surface area contributed by atoms with Crippen LogP contribution in [0.2, 0.25) is 0 Å². The predicted molar refractivity (Wildman–Crippen MR) is 121 cm³/mol. The molecule has 0 bridgehead atoms. The Hall–Kier alpha value is -3.89. The van der Waals surface area contributed by atoms with Gasteiger partial charge in [0.05, 0.1) is 17.7 Å². The number of amides is 2. The number of ether oxygens (including phenoxy) is 2. The van der Waals surface area contributed by atoms with Gasteiger partial charge in [-0.2, -0.15) is 13.2 Å². The third kappa shape index (κ3) is 9.86. The van der Waals surface area contributed by atoms with Crippen LogP contribution in [0.1, 0.15) is 48.5 Å². The molecule has 8 nitrogen and oxygen atoms in total. The molecule has 2 rings (SSSR count). The number of anilines is 2. The van der Waals surface area contributed by atoms with E-state index in [1.54, 1.807) is 12.1 Å². The summed E-state index contributed by atoms with van der Waals surface area (Å²) in [5, 5.41) is 4.85. The average Bonchev–Trinajstić information content (AvgIpc) is 2.81. The van der Waals surface area contributed by atoms with Crippen molar-refractivity contribution in [3.05, 3.63) is 59.7 Å². The van der Waals surface area contributed by atoms with Crippen molar-refractivity contribution in [2.24, 2.45) is 0 Å². The van der Waals surface area contributed by atoms with Gasteiger partial charge in [0.15, 0.2) is 6.61 Å². The number of hydrogen-bond acceptors (Lipinski definition) is 6. The van der Waals surface area contributed by atoms with E-state index in [9.17, 15) is 32.3 Å². The van der Waals surface area contributed by atoms with Crippen LogP contribution in [0.25, 0.3) is 0 Å². The van der Waals surface area contributed by atoms with Crippen LogP contribution in [-0.4, -0.2) is 37.0 Å². The SMILES string of the molecule is CCCOC(=O)c1ccc(NC(=O)CCCC(=O)OCC(=O)Nc2cccc(C(F)(F)F)c2)cc1. The van der Waals surface area contributed by atoms with Gasteiger partial charge in [0, 0.05) is 24.2 Å². The van der Waals surface area contributed by atoms with Crippen LogP contribution in [0, 0.1) is 0 Å². The third-order valence-corrected chi connectivity index (χ3v) is 4.46. The molecule has 35 heavy (non-hydrogen) atoms. The second-order valence-electron chi connectivity index (χ2n) is 7.40. The van der Waals surface area contributed by atoms with Crippen molar-refractivity contribution in [2.45, 2.75) is 38.8 Å². The first-order chi connectivity index (χ1) is 16.6. The summed E-state index contributed by atoms with van der Waals surface area (Å²) in [6.07, 6.45) is -3.81. The molecule has 0 aliphatic carbocycles. The Morgan fingerprint density at radius 1 is 0.857 bits per heavy atom. The number of halogens is 3. The monoisotopic (exact) mass is 494 g/mol. The maximum atomic E-state index is 12.7. The molecule has 0 aliphatic rings. The molecule has 0 unspecified atom stereocenters. The number of rotatable bonds is 11. The van der Waals surface area contributed by atoms with E-state index in [-0.39, 0.29) is 30.9 Å². The van der Waals surface area contributed by atoms with Gasteiger partial charge in [0.25, 0.3) is 5.91 Å². The number of benzene rings is 2. The molecule has 0 fully saturated rings. The van der Waals surface area contributed by atoms with Crippen LogP contribution in [0.3, 0.4) is 0 Å². The molecule has 2 amide bonds. The van der Waals surface area contributed by atoms with E-state index in [1.165, 1.54) is 18.2 Å². The number of hydrogen-bond donors (Lipinski definition) is 2. The number of alkyl halides is 3. The smallest absolute Gasteiger partial charge is 0.416 e. The molecular weight excluding hydrogens is 469 g/mol. The number of carbonyl (C=O) groups excluding carboxylic acids is 4. The molecule has 0 radical (unpaired) electrons. The van der Waals surface area contributed by atoms with Crippen molar-refractivity contribution in [3.63, 3.8) is 0 Å². The highest BCUT2D eigenvalue weighted by atomic mass is 19.4. The van der Waals surface area contributed by atoms with E-state index in [0.717, 1.165) is 18.2 Å². The van der Waals surface area contributed by atoms with Crippen LogP contribution in [0.4, 0.5) is 24.5 Å². The highest BCUT2D eigenvalue weighted by Gasteiger charge is 2.30. The summed E-state index contributed by atoms with van der Waals surface area (Å²) >= 11 is 0. The zero-order chi connectivity index (χ0) is 25.8. The van der Waals surface area contributed by atoms with Gasteiger partial charge in [0.1, 0.15) is 0 Å². The first-order valence-electron chi connectivity index (χ1n) is 10.8. The van der Waals surface area contributed by atoms with Gasteiger partial charge in [-0.25, -0.2) is 4.79 Å². The average molecular weight is 494 g/mol. The second-order valence-corrected chi connectivity index (χ2v) is 7.40. The number of carbonyl (C=O) groups is 4. The zero-order valence-electron chi connectivity index (χ0n) is 18.9. The molecule has 0 atom stereocenters. The lowest BCUT2D eigenvalue weighted by atomic mass is 10.2. The second kappa shape index (κ2) is 13.1. The minimum Gasteiger partial charge on any atom is -0.462 e. The largest absolute Gasteiger partial charge is 0.462 e. The Balaban J connectivity index is 1.67. The van der Waals surface area contributed by atoms with Crippen molar-refractivity contribution in [1.82, 2.24) is 0 Å². The van der Waals surface area contributed by atoms with Crippen molar-refractivity contribution < 1.29 is 41.8 Å². The van der Waals surface area contributed by atoms with E-state index >= 15 is 0 Å². The van der Waals surface area contributed by atoms with Crippen LogP contribution in [-0.2, 0) is 30.0 Å². The predicted octanol–water partition coefficient (Wildman–Crippen LogP) is 4.56. The summed E-state index contributed by atoms with van der Waals surface area (Å²) in [4.78, 5) is 47.4. The van der Waals surface area contributed by atoms with E-state index < -0.39 is 36.2 Å². The quantitative estimate of drug-likeness (QED) is 0.443. The molecule has 2 aromatic rings. The molecule has 0 aromatic heterocycles. The van der Waals surface area contributed by atoms with Gasteiger partial charge < -0.3 is 20.1 Å². The van der Waals surface area contributed by atoms with Gasteiger partial charge in [-0.1, -0.05) is 13.0 Å². The van der Waals surface area contributed by atoms with Crippen molar-refractivity contribution in [1.29, 1.82) is 0 Å². The van der Waals surface area contributed by atoms with Crippen molar-refractivity contribution in [2.75, 3.05) is 23.8 Å². The molecule has 0 spiro atoms. The summed E-state index contributed by atoms with van der Waals surface area (Å²) in [6, 6.07) is 10.2. The van der Waals surface area contributed by atoms with Gasteiger partial charge in [-0.15, -0.1) is 0 Å². The molecule has 188 valence electrons. The summed E-state index contributed by atoms with van der Waals surface area (Å²) in [6.45, 7) is 1.53.